The average Bonchev–Trinajstić information content (AvgIpc) is 2.62. The zero-order chi connectivity index (χ0) is 18.0. The van der Waals surface area contributed by atoms with Gasteiger partial charge in [-0.1, -0.05) is 18.2 Å². The second-order valence-corrected chi connectivity index (χ2v) is 5.94. The minimum absolute atomic E-state index is 0.324. The van der Waals surface area contributed by atoms with Crippen LogP contribution in [0.4, 0.5) is 17.1 Å². The fourth-order valence-electron chi connectivity index (χ4n) is 3.02. The molecule has 6 nitrogen and oxygen atoms in total. The highest BCUT2D eigenvalue weighted by Gasteiger charge is 2.33. The molecule has 128 valence electrons. The van der Waals surface area contributed by atoms with Crippen LogP contribution in [0.5, 0.6) is 0 Å². The molecule has 0 radical (unpaired) electrons. The van der Waals surface area contributed by atoms with E-state index in [9.17, 15) is 14.4 Å². The number of imide groups is 1. The van der Waals surface area contributed by atoms with E-state index in [1.807, 2.05) is 24.3 Å². The molecule has 1 aliphatic heterocycles. The van der Waals surface area contributed by atoms with Crippen molar-refractivity contribution < 1.29 is 14.4 Å². The minimum atomic E-state index is -0.867. The van der Waals surface area contributed by atoms with Crippen molar-refractivity contribution in [2.45, 2.75) is 19.8 Å². The number of hydrogen-bond acceptors (Lipinski definition) is 4. The summed E-state index contributed by atoms with van der Waals surface area (Å²) >= 11 is 0. The Labute approximate surface area is 145 Å². The minimum Gasteiger partial charge on any atom is -0.399 e. The lowest BCUT2D eigenvalue weighted by Crippen LogP contribution is -2.49. The Morgan fingerprint density at radius 3 is 2.40 bits per heavy atom. The number of hydrogen-bond donors (Lipinski definition) is 1. The number of rotatable bonds is 1. The van der Waals surface area contributed by atoms with Crippen molar-refractivity contribution in [3.8, 4) is 0 Å². The molecule has 0 aromatic heterocycles. The fourth-order valence-corrected chi connectivity index (χ4v) is 3.02. The molecule has 3 rings (SSSR count). The van der Waals surface area contributed by atoms with E-state index in [1.54, 1.807) is 24.3 Å². The smallest absolute Gasteiger partial charge is 0.323 e. The van der Waals surface area contributed by atoms with Gasteiger partial charge in [-0.2, -0.15) is 0 Å². The first-order valence-electron chi connectivity index (χ1n) is 8.09. The van der Waals surface area contributed by atoms with Gasteiger partial charge in [-0.15, -0.1) is 0 Å². The topological polar surface area (TPSA) is 83.7 Å². The maximum Gasteiger partial charge on any atom is 0.323 e. The molecule has 2 N–H and O–H groups in total. The Morgan fingerprint density at radius 2 is 1.72 bits per heavy atom. The standard InChI is InChI=1S/C19H19N3O3/c1-13(23)22(16-10-8-15(20)9-11-16)19(25)18(24)21-12-4-6-14-5-2-3-7-17(14)21/h2-3,5,7-11H,4,6,12,20H2,1H3. The van der Waals surface area contributed by atoms with Crippen LogP contribution in [0.2, 0.25) is 0 Å². The Bertz CT molecular complexity index is 830. The molecule has 0 fully saturated rings. The molecule has 0 aliphatic carbocycles. The van der Waals surface area contributed by atoms with Crippen LogP contribution in [-0.4, -0.2) is 24.3 Å². The molecule has 0 atom stereocenters. The lowest BCUT2D eigenvalue weighted by atomic mass is 10.0. The Balaban J connectivity index is 1.92. The maximum absolute atomic E-state index is 12.8. The molecule has 1 heterocycles. The van der Waals surface area contributed by atoms with E-state index in [2.05, 4.69) is 0 Å². The number of benzene rings is 2. The van der Waals surface area contributed by atoms with Gasteiger partial charge in [-0.05, 0) is 48.7 Å². The van der Waals surface area contributed by atoms with E-state index in [0.717, 1.165) is 29.0 Å². The van der Waals surface area contributed by atoms with Crippen molar-refractivity contribution in [3.63, 3.8) is 0 Å². The number of nitrogens with two attached hydrogens (primary N) is 1. The van der Waals surface area contributed by atoms with Gasteiger partial charge in [0.15, 0.2) is 0 Å². The van der Waals surface area contributed by atoms with Crippen LogP contribution in [0.1, 0.15) is 18.9 Å². The molecule has 0 saturated carbocycles. The van der Waals surface area contributed by atoms with Gasteiger partial charge < -0.3 is 10.6 Å². The highest BCUT2D eigenvalue weighted by atomic mass is 16.2. The number of amides is 3. The molecular weight excluding hydrogens is 318 g/mol. The van der Waals surface area contributed by atoms with E-state index in [0.29, 0.717) is 17.9 Å². The van der Waals surface area contributed by atoms with Crippen molar-refractivity contribution in [1.29, 1.82) is 0 Å². The summed E-state index contributed by atoms with van der Waals surface area (Å²) in [5.41, 5.74) is 8.23. The molecular formula is C19H19N3O3. The van der Waals surface area contributed by atoms with E-state index in [-0.39, 0.29) is 0 Å². The quantitative estimate of drug-likeness (QED) is 0.638. The predicted octanol–water partition coefficient (Wildman–Crippen LogP) is 2.13. The third kappa shape index (κ3) is 3.24. The summed E-state index contributed by atoms with van der Waals surface area (Å²) in [5, 5.41) is 0. The number of nitrogen functional groups attached to an aromatic ring is 1. The number of aryl methyl sites for hydroxylation is 1. The van der Waals surface area contributed by atoms with Crippen LogP contribution in [0.15, 0.2) is 48.5 Å². The number of carbonyl (C=O) groups is 3. The van der Waals surface area contributed by atoms with E-state index in [4.69, 9.17) is 5.73 Å². The molecule has 3 amide bonds. The summed E-state index contributed by atoms with van der Waals surface area (Å²) in [4.78, 5) is 39.9. The lowest BCUT2D eigenvalue weighted by Gasteiger charge is -2.30. The van der Waals surface area contributed by atoms with Crippen LogP contribution >= 0.6 is 0 Å². The van der Waals surface area contributed by atoms with E-state index >= 15 is 0 Å². The third-order valence-corrected chi connectivity index (χ3v) is 4.21. The van der Waals surface area contributed by atoms with Gasteiger partial charge in [-0.25, -0.2) is 4.90 Å². The molecule has 2 aromatic rings. The molecule has 0 spiro atoms. The van der Waals surface area contributed by atoms with Crippen LogP contribution < -0.4 is 15.5 Å². The summed E-state index contributed by atoms with van der Waals surface area (Å²) in [5.74, 6) is -2.10. The van der Waals surface area contributed by atoms with Crippen molar-refractivity contribution in [1.82, 2.24) is 0 Å². The number of fused-ring (bicyclic) bond motifs is 1. The lowest BCUT2D eigenvalue weighted by molar-refractivity contribution is -0.138. The molecule has 0 saturated heterocycles. The first kappa shape index (κ1) is 16.7. The Morgan fingerprint density at radius 1 is 1.04 bits per heavy atom. The summed E-state index contributed by atoms with van der Waals surface area (Å²) in [7, 11) is 0. The molecule has 6 heteroatoms. The van der Waals surface area contributed by atoms with E-state index in [1.165, 1.54) is 11.8 Å². The van der Waals surface area contributed by atoms with Crippen LogP contribution in [0, 0.1) is 0 Å². The van der Waals surface area contributed by atoms with Gasteiger partial charge in [0.1, 0.15) is 0 Å². The van der Waals surface area contributed by atoms with Crippen molar-refractivity contribution >= 4 is 34.8 Å². The zero-order valence-corrected chi connectivity index (χ0v) is 13.9. The SMILES string of the molecule is CC(=O)N(C(=O)C(=O)N1CCCc2ccccc21)c1ccc(N)cc1. The first-order chi connectivity index (χ1) is 12.0. The molecule has 2 aromatic carbocycles. The van der Waals surface area contributed by atoms with Crippen molar-refractivity contribution in [3.05, 3.63) is 54.1 Å². The second-order valence-electron chi connectivity index (χ2n) is 5.94. The Kier molecular flexibility index (Phi) is 4.52. The van der Waals surface area contributed by atoms with Gasteiger partial charge in [0.05, 0.1) is 5.69 Å². The first-order valence-corrected chi connectivity index (χ1v) is 8.09. The van der Waals surface area contributed by atoms with Gasteiger partial charge in [0, 0.05) is 24.8 Å². The highest BCUT2D eigenvalue weighted by Crippen LogP contribution is 2.27. The maximum atomic E-state index is 12.8. The molecule has 0 bridgehead atoms. The van der Waals surface area contributed by atoms with Gasteiger partial charge in [0.2, 0.25) is 5.91 Å². The largest absolute Gasteiger partial charge is 0.399 e. The Hall–Kier alpha value is -3.15. The molecule has 25 heavy (non-hydrogen) atoms. The third-order valence-electron chi connectivity index (χ3n) is 4.21. The van der Waals surface area contributed by atoms with E-state index < -0.39 is 17.7 Å². The fraction of sp³-hybridized carbons (Fsp3) is 0.211. The second kappa shape index (κ2) is 6.76. The number of anilines is 3. The normalized spacial score (nSPS) is 13.1. The van der Waals surface area contributed by atoms with Crippen LogP contribution in [-0.2, 0) is 20.8 Å². The highest BCUT2D eigenvalue weighted by molar-refractivity contribution is 6.49. The predicted molar refractivity (Wildman–Crippen MR) is 96.1 cm³/mol. The number of para-hydroxylation sites is 1. The molecule has 0 unspecified atom stereocenters. The zero-order valence-electron chi connectivity index (χ0n) is 13.9. The monoisotopic (exact) mass is 337 g/mol. The van der Waals surface area contributed by atoms with Crippen molar-refractivity contribution in [2.75, 3.05) is 22.1 Å². The number of nitrogens with zero attached hydrogens (tertiary/aromatic N) is 2. The van der Waals surface area contributed by atoms with Gasteiger partial charge in [-0.3, -0.25) is 14.4 Å². The van der Waals surface area contributed by atoms with Gasteiger partial charge in [0.25, 0.3) is 0 Å². The number of carbonyl (C=O) groups excluding carboxylic acids is 3. The van der Waals surface area contributed by atoms with Crippen molar-refractivity contribution in [2.24, 2.45) is 0 Å². The van der Waals surface area contributed by atoms with Gasteiger partial charge >= 0.3 is 11.8 Å². The summed E-state index contributed by atoms with van der Waals surface area (Å²) in [6.07, 6.45) is 1.64. The summed E-state index contributed by atoms with van der Waals surface area (Å²) < 4.78 is 0. The summed E-state index contributed by atoms with van der Waals surface area (Å²) in [6.45, 7) is 1.71. The van der Waals surface area contributed by atoms with Crippen LogP contribution in [0.25, 0.3) is 0 Å². The van der Waals surface area contributed by atoms with Crippen LogP contribution in [0.3, 0.4) is 0 Å². The molecule has 1 aliphatic rings. The summed E-state index contributed by atoms with van der Waals surface area (Å²) in [6, 6.07) is 13.8. The average molecular weight is 337 g/mol.